The monoisotopic (exact) mass is 406 g/mol. The van der Waals surface area contributed by atoms with E-state index in [-0.39, 0.29) is 15.8 Å². The van der Waals surface area contributed by atoms with Crippen molar-refractivity contribution >= 4 is 56.3 Å². The Morgan fingerprint density at radius 2 is 2.12 bits per heavy atom. The molecule has 7 nitrogen and oxygen atoms in total. The number of nitrogens with zero attached hydrogens (tertiary/aromatic N) is 3. The number of carbonyl (C=O) groups excluding carboxylic acids is 1. The van der Waals surface area contributed by atoms with Crippen molar-refractivity contribution in [3.8, 4) is 0 Å². The summed E-state index contributed by atoms with van der Waals surface area (Å²) in [4.78, 5) is 12.2. The summed E-state index contributed by atoms with van der Waals surface area (Å²) in [5.74, 6) is -0.272. The maximum atomic E-state index is 12.3. The SMILES string of the molecule is C[C@@H](Sc1nncs1)C(=O)Nc1ccc(Cl)c(S(=O)(=O)N(C)C)c1. The van der Waals surface area contributed by atoms with E-state index in [9.17, 15) is 13.2 Å². The van der Waals surface area contributed by atoms with Crippen molar-refractivity contribution in [1.29, 1.82) is 0 Å². The molecule has 0 aliphatic carbocycles. The Bertz CT molecular complexity index is 825. The number of hydrogen-bond acceptors (Lipinski definition) is 7. The van der Waals surface area contributed by atoms with Crippen LogP contribution in [0.1, 0.15) is 6.92 Å². The maximum absolute atomic E-state index is 12.3. The molecule has 0 spiro atoms. The highest BCUT2D eigenvalue weighted by molar-refractivity contribution is 8.02. The first-order valence-corrected chi connectivity index (χ1v) is 10.3. The molecule has 2 rings (SSSR count). The smallest absolute Gasteiger partial charge is 0.244 e. The highest BCUT2D eigenvalue weighted by Gasteiger charge is 2.22. The lowest BCUT2D eigenvalue weighted by molar-refractivity contribution is -0.115. The van der Waals surface area contributed by atoms with Gasteiger partial charge >= 0.3 is 0 Å². The summed E-state index contributed by atoms with van der Waals surface area (Å²) in [5, 5.41) is 9.95. The molecule has 1 aromatic heterocycles. The minimum Gasteiger partial charge on any atom is -0.325 e. The van der Waals surface area contributed by atoms with Gasteiger partial charge in [-0.3, -0.25) is 4.79 Å². The highest BCUT2D eigenvalue weighted by Crippen LogP contribution is 2.28. The van der Waals surface area contributed by atoms with Gasteiger partial charge in [-0.2, -0.15) is 0 Å². The van der Waals surface area contributed by atoms with Crippen LogP contribution in [0.3, 0.4) is 0 Å². The van der Waals surface area contributed by atoms with Crippen LogP contribution < -0.4 is 5.32 Å². The topological polar surface area (TPSA) is 92.3 Å². The van der Waals surface area contributed by atoms with Crippen molar-refractivity contribution in [3.05, 3.63) is 28.7 Å². The van der Waals surface area contributed by atoms with E-state index in [1.54, 1.807) is 18.5 Å². The van der Waals surface area contributed by atoms with E-state index in [1.807, 2.05) is 0 Å². The fourth-order valence-electron chi connectivity index (χ4n) is 1.64. The normalized spacial score (nSPS) is 13.0. The largest absolute Gasteiger partial charge is 0.325 e. The summed E-state index contributed by atoms with van der Waals surface area (Å²) in [7, 11) is -0.870. The van der Waals surface area contributed by atoms with Gasteiger partial charge < -0.3 is 5.32 Å². The van der Waals surface area contributed by atoms with Crippen LogP contribution in [0.25, 0.3) is 0 Å². The maximum Gasteiger partial charge on any atom is 0.244 e. The first-order chi connectivity index (χ1) is 11.2. The molecular formula is C13H15ClN4O3S3. The van der Waals surface area contributed by atoms with Crippen LogP contribution in [0.2, 0.25) is 5.02 Å². The van der Waals surface area contributed by atoms with Gasteiger partial charge in [0.1, 0.15) is 10.4 Å². The van der Waals surface area contributed by atoms with E-state index in [0.29, 0.717) is 10.0 Å². The quantitative estimate of drug-likeness (QED) is 0.741. The summed E-state index contributed by atoms with van der Waals surface area (Å²) < 4.78 is 26.2. The summed E-state index contributed by atoms with van der Waals surface area (Å²) >= 11 is 8.60. The van der Waals surface area contributed by atoms with Crippen LogP contribution in [0, 0.1) is 0 Å². The molecule has 0 bridgehead atoms. The predicted molar refractivity (Wildman–Crippen MR) is 96.2 cm³/mol. The van der Waals surface area contributed by atoms with Crippen LogP contribution in [-0.2, 0) is 14.8 Å². The zero-order valence-corrected chi connectivity index (χ0v) is 16.3. The third kappa shape index (κ3) is 4.45. The summed E-state index contributed by atoms with van der Waals surface area (Å²) in [5.41, 5.74) is 1.94. The van der Waals surface area contributed by atoms with Crippen molar-refractivity contribution < 1.29 is 13.2 Å². The van der Waals surface area contributed by atoms with Gasteiger partial charge in [0.05, 0.1) is 10.3 Å². The number of benzene rings is 1. The lowest BCUT2D eigenvalue weighted by Crippen LogP contribution is -2.24. The molecule has 0 unspecified atom stereocenters. The average molecular weight is 407 g/mol. The van der Waals surface area contributed by atoms with Crippen molar-refractivity contribution in [3.63, 3.8) is 0 Å². The van der Waals surface area contributed by atoms with Crippen LogP contribution in [0.15, 0.2) is 32.9 Å². The number of anilines is 1. The van der Waals surface area contributed by atoms with Gasteiger partial charge in [0.2, 0.25) is 15.9 Å². The highest BCUT2D eigenvalue weighted by atomic mass is 35.5. The van der Waals surface area contributed by atoms with E-state index in [1.165, 1.54) is 49.3 Å². The van der Waals surface area contributed by atoms with E-state index >= 15 is 0 Å². The molecular weight excluding hydrogens is 392 g/mol. The number of aromatic nitrogens is 2. The number of carbonyl (C=O) groups is 1. The van der Waals surface area contributed by atoms with Crippen molar-refractivity contribution in [2.45, 2.75) is 21.4 Å². The van der Waals surface area contributed by atoms with E-state index in [4.69, 9.17) is 11.6 Å². The molecule has 1 heterocycles. The van der Waals surface area contributed by atoms with Crippen molar-refractivity contribution in [2.75, 3.05) is 19.4 Å². The molecule has 1 aromatic carbocycles. The molecule has 0 saturated heterocycles. The zero-order chi connectivity index (χ0) is 17.9. The molecule has 11 heteroatoms. The Hall–Kier alpha value is -1.20. The van der Waals surface area contributed by atoms with Gasteiger partial charge in [-0.05, 0) is 25.1 Å². The lowest BCUT2D eigenvalue weighted by Gasteiger charge is -2.15. The second kappa shape index (κ2) is 7.79. The molecule has 0 aliphatic heterocycles. The lowest BCUT2D eigenvalue weighted by atomic mass is 10.3. The third-order valence-corrected chi connectivity index (χ3v) is 7.15. The molecule has 0 aliphatic rings. The number of thioether (sulfide) groups is 1. The molecule has 1 atom stereocenters. The second-order valence-electron chi connectivity index (χ2n) is 4.89. The number of amides is 1. The third-order valence-electron chi connectivity index (χ3n) is 2.94. The van der Waals surface area contributed by atoms with Gasteiger partial charge in [0.15, 0.2) is 4.34 Å². The minimum absolute atomic E-state index is 0.0589. The molecule has 2 aromatic rings. The van der Waals surface area contributed by atoms with Crippen molar-refractivity contribution in [1.82, 2.24) is 14.5 Å². The van der Waals surface area contributed by atoms with E-state index < -0.39 is 15.3 Å². The fourth-order valence-corrected chi connectivity index (χ4v) is 4.66. The number of nitrogens with one attached hydrogen (secondary N) is 1. The molecule has 0 saturated carbocycles. The summed E-state index contributed by atoms with van der Waals surface area (Å²) in [6, 6.07) is 4.34. The van der Waals surface area contributed by atoms with Crippen molar-refractivity contribution in [2.24, 2.45) is 0 Å². The molecule has 1 amide bonds. The number of rotatable bonds is 6. The summed E-state index contributed by atoms with van der Waals surface area (Å²) in [6.45, 7) is 1.73. The van der Waals surface area contributed by atoms with Gasteiger partial charge in [-0.1, -0.05) is 34.7 Å². The van der Waals surface area contributed by atoms with Gasteiger partial charge in [0, 0.05) is 19.8 Å². The van der Waals surface area contributed by atoms with E-state index in [2.05, 4.69) is 15.5 Å². The molecule has 1 N–H and O–H groups in total. The molecule has 130 valence electrons. The van der Waals surface area contributed by atoms with Gasteiger partial charge in [-0.15, -0.1) is 10.2 Å². The number of sulfonamides is 1. The molecule has 24 heavy (non-hydrogen) atoms. The average Bonchev–Trinajstić information content (AvgIpc) is 3.01. The fraction of sp³-hybridized carbons (Fsp3) is 0.308. The first-order valence-electron chi connectivity index (χ1n) is 6.67. The number of hydrogen-bond donors (Lipinski definition) is 1. The van der Waals surface area contributed by atoms with Crippen LogP contribution in [-0.4, -0.2) is 48.2 Å². The molecule has 0 radical (unpaired) electrons. The zero-order valence-electron chi connectivity index (χ0n) is 13.1. The summed E-state index contributed by atoms with van der Waals surface area (Å²) in [6.07, 6.45) is 0. The van der Waals surface area contributed by atoms with Crippen LogP contribution in [0.5, 0.6) is 0 Å². The van der Waals surface area contributed by atoms with E-state index in [0.717, 1.165) is 4.31 Å². The molecule has 0 fully saturated rings. The predicted octanol–water partition coefficient (Wildman–Crippen LogP) is 2.56. The Balaban J connectivity index is 2.17. The Morgan fingerprint density at radius 3 is 2.71 bits per heavy atom. The Morgan fingerprint density at radius 1 is 1.42 bits per heavy atom. The first kappa shape index (κ1) is 19.1. The van der Waals surface area contributed by atoms with Gasteiger partial charge in [0.25, 0.3) is 0 Å². The van der Waals surface area contributed by atoms with Crippen LogP contribution >= 0.6 is 34.7 Å². The Kier molecular flexibility index (Phi) is 6.21. The van der Waals surface area contributed by atoms with Crippen LogP contribution in [0.4, 0.5) is 5.69 Å². The standard InChI is InChI=1S/C13H15ClN4O3S3/c1-8(23-13-17-15-7-22-13)12(19)16-9-4-5-10(14)11(6-9)24(20,21)18(2)3/h4-8H,1-3H3,(H,16,19)/t8-/m1/s1. The Labute approximate surface area is 153 Å². The minimum atomic E-state index is -3.70. The number of halogens is 1. The van der Waals surface area contributed by atoms with Gasteiger partial charge in [-0.25, -0.2) is 12.7 Å². The second-order valence-corrected chi connectivity index (χ2v) is 9.84.